The van der Waals surface area contributed by atoms with Crippen LogP contribution < -0.4 is 0 Å². The van der Waals surface area contributed by atoms with Gasteiger partial charge >= 0.3 is 5.97 Å². The number of carbonyl (C=O) groups excluding carboxylic acids is 1. The van der Waals surface area contributed by atoms with Gasteiger partial charge in [-0.15, -0.1) is 11.8 Å². The van der Waals surface area contributed by atoms with E-state index in [0.29, 0.717) is 0 Å². The van der Waals surface area contributed by atoms with Gasteiger partial charge in [-0.1, -0.05) is 18.2 Å². The van der Waals surface area contributed by atoms with Crippen LogP contribution >= 0.6 is 11.8 Å². The maximum Gasteiger partial charge on any atom is 0.321 e. The number of carbonyl (C=O) groups is 1. The van der Waals surface area contributed by atoms with E-state index in [2.05, 4.69) is 11.1 Å². The van der Waals surface area contributed by atoms with Crippen molar-refractivity contribution in [1.29, 1.82) is 0 Å². The highest BCUT2D eigenvalue weighted by Gasteiger charge is 2.31. The van der Waals surface area contributed by atoms with Crippen molar-refractivity contribution in [3.8, 4) is 0 Å². The van der Waals surface area contributed by atoms with Crippen molar-refractivity contribution >= 4 is 28.6 Å². The van der Waals surface area contributed by atoms with Gasteiger partial charge in [-0.05, 0) is 26.8 Å². The van der Waals surface area contributed by atoms with Crippen molar-refractivity contribution in [2.75, 3.05) is 7.11 Å². The second-order valence-electron chi connectivity index (χ2n) is 4.73. The van der Waals surface area contributed by atoms with E-state index in [4.69, 9.17) is 4.74 Å². The van der Waals surface area contributed by atoms with Crippen LogP contribution in [0.25, 0.3) is 10.9 Å². The SMILES string of the molecule is COC(=O)C(C)(C)Sc1c(C)[nH]c2ccccc12. The smallest absolute Gasteiger partial charge is 0.321 e. The lowest BCUT2D eigenvalue weighted by molar-refractivity contribution is -0.142. The lowest BCUT2D eigenvalue weighted by atomic mass is 10.2. The average molecular weight is 263 g/mol. The second-order valence-corrected chi connectivity index (χ2v) is 6.36. The van der Waals surface area contributed by atoms with Crippen LogP contribution in [0.4, 0.5) is 0 Å². The minimum atomic E-state index is -0.593. The van der Waals surface area contributed by atoms with Crippen molar-refractivity contribution < 1.29 is 9.53 Å². The normalized spacial score (nSPS) is 11.8. The van der Waals surface area contributed by atoms with Gasteiger partial charge in [0.05, 0.1) is 7.11 Å². The zero-order valence-corrected chi connectivity index (χ0v) is 11.9. The van der Waals surface area contributed by atoms with Crippen molar-refractivity contribution in [1.82, 2.24) is 4.98 Å². The third-order valence-electron chi connectivity index (χ3n) is 2.87. The molecule has 2 rings (SSSR count). The first-order valence-electron chi connectivity index (χ1n) is 5.80. The summed E-state index contributed by atoms with van der Waals surface area (Å²) in [5, 5.41) is 1.15. The van der Waals surface area contributed by atoms with Gasteiger partial charge < -0.3 is 9.72 Å². The standard InChI is InChI=1S/C14H17NO2S/c1-9-12(18-14(2,3)13(16)17-4)10-7-5-6-8-11(10)15-9/h5-8,15H,1-4H3. The fourth-order valence-electron chi connectivity index (χ4n) is 1.93. The van der Waals surface area contributed by atoms with Gasteiger partial charge in [0.15, 0.2) is 0 Å². The van der Waals surface area contributed by atoms with Crippen LogP contribution in [0.1, 0.15) is 19.5 Å². The number of hydrogen-bond acceptors (Lipinski definition) is 3. The van der Waals surface area contributed by atoms with E-state index in [1.807, 2.05) is 39.0 Å². The number of para-hydroxylation sites is 1. The zero-order chi connectivity index (χ0) is 13.3. The van der Waals surface area contributed by atoms with E-state index in [9.17, 15) is 4.79 Å². The van der Waals surface area contributed by atoms with E-state index in [1.165, 1.54) is 18.9 Å². The molecule has 1 aromatic carbocycles. The molecule has 0 unspecified atom stereocenters. The number of nitrogens with one attached hydrogen (secondary N) is 1. The van der Waals surface area contributed by atoms with E-state index in [1.54, 1.807) is 0 Å². The highest BCUT2D eigenvalue weighted by atomic mass is 32.2. The summed E-state index contributed by atoms with van der Waals surface area (Å²) in [7, 11) is 1.42. The van der Waals surface area contributed by atoms with Crippen LogP contribution in [-0.4, -0.2) is 22.8 Å². The summed E-state index contributed by atoms with van der Waals surface area (Å²) >= 11 is 1.54. The molecule has 18 heavy (non-hydrogen) atoms. The first-order chi connectivity index (χ1) is 8.45. The minimum Gasteiger partial charge on any atom is -0.468 e. The molecule has 0 fully saturated rings. The van der Waals surface area contributed by atoms with Crippen molar-refractivity contribution in [3.05, 3.63) is 30.0 Å². The molecular formula is C14H17NO2S. The Morgan fingerprint density at radius 3 is 2.67 bits per heavy atom. The number of benzene rings is 1. The number of aryl methyl sites for hydroxylation is 1. The maximum absolute atomic E-state index is 11.8. The monoisotopic (exact) mass is 263 g/mol. The summed E-state index contributed by atoms with van der Waals surface area (Å²) < 4.78 is 4.25. The Morgan fingerprint density at radius 1 is 1.33 bits per heavy atom. The Hall–Kier alpha value is -1.42. The van der Waals surface area contributed by atoms with Gasteiger partial charge in [-0.25, -0.2) is 0 Å². The largest absolute Gasteiger partial charge is 0.468 e. The molecule has 0 aliphatic heterocycles. The van der Waals surface area contributed by atoms with E-state index >= 15 is 0 Å². The Labute approximate surface area is 111 Å². The molecule has 3 nitrogen and oxygen atoms in total. The molecule has 0 saturated carbocycles. The number of thioether (sulfide) groups is 1. The zero-order valence-electron chi connectivity index (χ0n) is 11.0. The number of aromatic amines is 1. The summed E-state index contributed by atoms with van der Waals surface area (Å²) in [6.45, 7) is 5.78. The van der Waals surface area contributed by atoms with Crippen LogP contribution in [0.15, 0.2) is 29.2 Å². The maximum atomic E-state index is 11.8. The third kappa shape index (κ3) is 2.25. The summed E-state index contributed by atoms with van der Waals surface area (Å²) in [5.41, 5.74) is 2.18. The first kappa shape index (κ1) is 13.0. The molecular weight excluding hydrogens is 246 g/mol. The molecule has 1 N–H and O–H groups in total. The Balaban J connectivity index is 2.43. The Kier molecular flexibility index (Phi) is 3.39. The van der Waals surface area contributed by atoms with Crippen LogP contribution in [0, 0.1) is 6.92 Å². The summed E-state index contributed by atoms with van der Waals surface area (Å²) in [6.07, 6.45) is 0. The van der Waals surface area contributed by atoms with Gasteiger partial charge in [0.2, 0.25) is 0 Å². The summed E-state index contributed by atoms with van der Waals surface area (Å²) in [6, 6.07) is 8.11. The third-order valence-corrected chi connectivity index (χ3v) is 4.28. The highest BCUT2D eigenvalue weighted by Crippen LogP contribution is 2.39. The van der Waals surface area contributed by atoms with Gasteiger partial charge in [-0.2, -0.15) is 0 Å². The number of H-pyrrole nitrogens is 1. The summed E-state index contributed by atoms with van der Waals surface area (Å²) in [4.78, 5) is 16.2. The fraction of sp³-hybridized carbons (Fsp3) is 0.357. The molecule has 0 spiro atoms. The number of methoxy groups -OCH3 is 1. The lowest BCUT2D eigenvalue weighted by Gasteiger charge is -2.20. The van der Waals surface area contributed by atoms with Crippen LogP contribution in [-0.2, 0) is 9.53 Å². The first-order valence-corrected chi connectivity index (χ1v) is 6.62. The highest BCUT2D eigenvalue weighted by molar-refractivity contribution is 8.01. The number of rotatable bonds is 3. The molecule has 96 valence electrons. The van der Waals surface area contributed by atoms with E-state index < -0.39 is 4.75 Å². The van der Waals surface area contributed by atoms with Crippen molar-refractivity contribution in [2.24, 2.45) is 0 Å². The average Bonchev–Trinajstić information content (AvgIpc) is 2.65. The Morgan fingerprint density at radius 2 is 2.00 bits per heavy atom. The molecule has 0 amide bonds. The van der Waals surface area contributed by atoms with Gasteiger partial charge in [0.1, 0.15) is 4.75 Å². The van der Waals surface area contributed by atoms with Crippen LogP contribution in [0.5, 0.6) is 0 Å². The fourth-order valence-corrected chi connectivity index (χ4v) is 3.09. The van der Waals surface area contributed by atoms with Crippen LogP contribution in [0.3, 0.4) is 0 Å². The van der Waals surface area contributed by atoms with Crippen molar-refractivity contribution in [3.63, 3.8) is 0 Å². The number of ether oxygens (including phenoxy) is 1. The number of fused-ring (bicyclic) bond motifs is 1. The molecule has 4 heteroatoms. The molecule has 0 aliphatic carbocycles. The van der Waals surface area contributed by atoms with Gasteiger partial charge in [-0.3, -0.25) is 4.79 Å². The molecule has 2 aromatic rings. The second kappa shape index (κ2) is 4.69. The predicted molar refractivity (Wildman–Crippen MR) is 75.0 cm³/mol. The minimum absolute atomic E-state index is 0.211. The lowest BCUT2D eigenvalue weighted by Crippen LogP contribution is -2.28. The Bertz CT molecular complexity index is 586. The molecule has 0 atom stereocenters. The molecule has 0 bridgehead atoms. The number of aromatic nitrogens is 1. The topological polar surface area (TPSA) is 42.1 Å². The predicted octanol–water partition coefficient (Wildman–Crippen LogP) is 3.52. The van der Waals surface area contributed by atoms with Crippen molar-refractivity contribution in [2.45, 2.75) is 30.4 Å². The summed E-state index contributed by atoms with van der Waals surface area (Å²) in [5.74, 6) is -0.211. The van der Waals surface area contributed by atoms with Gasteiger partial charge in [0, 0.05) is 21.5 Å². The number of esters is 1. The van der Waals surface area contributed by atoms with E-state index in [-0.39, 0.29) is 5.97 Å². The molecule has 0 saturated heterocycles. The van der Waals surface area contributed by atoms with Gasteiger partial charge in [0.25, 0.3) is 0 Å². The molecule has 1 aromatic heterocycles. The molecule has 0 radical (unpaired) electrons. The van der Waals surface area contributed by atoms with E-state index in [0.717, 1.165) is 21.5 Å². The molecule has 0 aliphatic rings. The van der Waals surface area contributed by atoms with Crippen LogP contribution in [0.2, 0.25) is 0 Å². The quantitative estimate of drug-likeness (QED) is 0.680. The number of hydrogen-bond donors (Lipinski definition) is 1. The molecule has 1 heterocycles.